The predicted molar refractivity (Wildman–Crippen MR) is 101 cm³/mol. The molecule has 7 heteroatoms. The van der Waals surface area contributed by atoms with Crippen molar-refractivity contribution in [2.45, 2.75) is 38.5 Å². The van der Waals surface area contributed by atoms with E-state index in [1.54, 1.807) is 10.9 Å². The van der Waals surface area contributed by atoms with Gasteiger partial charge in [0, 0.05) is 31.7 Å². The van der Waals surface area contributed by atoms with Crippen molar-refractivity contribution < 1.29 is 9.21 Å². The third kappa shape index (κ3) is 3.41. The normalized spacial score (nSPS) is 15.6. The number of piperidine rings is 1. The lowest BCUT2D eigenvalue weighted by atomic mass is 9.93. The van der Waals surface area contributed by atoms with Crippen LogP contribution in [0.4, 0.5) is 0 Å². The fourth-order valence-electron chi connectivity index (χ4n) is 3.62. The highest BCUT2D eigenvalue weighted by molar-refractivity contribution is 5.92. The van der Waals surface area contributed by atoms with E-state index >= 15 is 0 Å². The lowest BCUT2D eigenvalue weighted by molar-refractivity contribution is 0.0701. The maximum Gasteiger partial charge on any atom is 0.272 e. The summed E-state index contributed by atoms with van der Waals surface area (Å²) in [5, 5.41) is 12.0. The maximum absolute atomic E-state index is 12.9. The van der Waals surface area contributed by atoms with E-state index < -0.39 is 0 Å². The van der Waals surface area contributed by atoms with Crippen LogP contribution in [0.1, 0.15) is 60.4 Å². The quantitative estimate of drug-likeness (QED) is 0.765. The molecule has 7 nitrogen and oxygen atoms in total. The first-order chi connectivity index (χ1) is 13.0. The first-order valence-corrected chi connectivity index (χ1v) is 9.45. The molecule has 1 fully saturated rings. The van der Waals surface area contributed by atoms with Crippen molar-refractivity contribution in [3.05, 3.63) is 47.6 Å². The summed E-state index contributed by atoms with van der Waals surface area (Å²) in [6.07, 6.45) is 3.48. The second-order valence-corrected chi connectivity index (χ2v) is 7.49. The molecule has 4 rings (SSSR count). The smallest absolute Gasteiger partial charge is 0.272 e. The van der Waals surface area contributed by atoms with Gasteiger partial charge in [-0.25, -0.2) is 0 Å². The van der Waals surface area contributed by atoms with Crippen LogP contribution in [-0.4, -0.2) is 43.9 Å². The van der Waals surface area contributed by atoms with Crippen molar-refractivity contribution in [3.8, 4) is 11.5 Å². The summed E-state index contributed by atoms with van der Waals surface area (Å²) in [7, 11) is 1.84. The van der Waals surface area contributed by atoms with Gasteiger partial charge in [0.2, 0.25) is 0 Å². The number of nitrogens with one attached hydrogen (secondary N) is 1. The number of H-pyrrole nitrogens is 1. The molecule has 3 aromatic rings. The van der Waals surface area contributed by atoms with Crippen molar-refractivity contribution >= 4 is 5.91 Å². The highest BCUT2D eigenvalue weighted by atomic mass is 16.3. The molecule has 142 valence electrons. The minimum Gasteiger partial charge on any atom is -0.463 e. The molecule has 0 spiro atoms. The fourth-order valence-corrected chi connectivity index (χ4v) is 3.62. The molecule has 0 bridgehead atoms. The van der Waals surface area contributed by atoms with Crippen LogP contribution in [0.5, 0.6) is 0 Å². The molecule has 0 aliphatic carbocycles. The Morgan fingerprint density at radius 2 is 2.07 bits per heavy atom. The van der Waals surface area contributed by atoms with Crippen LogP contribution >= 0.6 is 0 Å². The van der Waals surface area contributed by atoms with E-state index in [1.165, 1.54) is 0 Å². The Morgan fingerprint density at radius 1 is 1.30 bits per heavy atom. The molecule has 1 amide bonds. The molecular weight excluding hydrogens is 342 g/mol. The van der Waals surface area contributed by atoms with Gasteiger partial charge in [0.25, 0.3) is 5.91 Å². The number of rotatable bonds is 4. The molecule has 0 saturated carbocycles. The average Bonchev–Trinajstić information content (AvgIpc) is 3.41. The molecule has 1 aliphatic rings. The SMILES string of the molecule is CC(C)c1cc(C(=O)N2CCC(c3cc(-c4ccco4)n[nH]3)CC2)n(C)n1. The van der Waals surface area contributed by atoms with E-state index in [0.29, 0.717) is 17.5 Å². The fraction of sp³-hybridized carbons (Fsp3) is 0.450. The summed E-state index contributed by atoms with van der Waals surface area (Å²) < 4.78 is 7.11. The minimum absolute atomic E-state index is 0.0660. The molecule has 1 N–H and O–H groups in total. The zero-order valence-electron chi connectivity index (χ0n) is 16.0. The van der Waals surface area contributed by atoms with Gasteiger partial charge in [-0.1, -0.05) is 13.8 Å². The van der Waals surface area contributed by atoms with Crippen LogP contribution in [0.15, 0.2) is 34.9 Å². The van der Waals surface area contributed by atoms with E-state index in [-0.39, 0.29) is 5.91 Å². The van der Waals surface area contributed by atoms with Crippen molar-refractivity contribution in [2.75, 3.05) is 13.1 Å². The van der Waals surface area contributed by atoms with Gasteiger partial charge in [-0.2, -0.15) is 10.2 Å². The van der Waals surface area contributed by atoms with E-state index in [2.05, 4.69) is 35.2 Å². The molecule has 0 aromatic carbocycles. The second-order valence-electron chi connectivity index (χ2n) is 7.49. The van der Waals surface area contributed by atoms with Crippen LogP contribution < -0.4 is 0 Å². The van der Waals surface area contributed by atoms with Crippen molar-refractivity contribution in [2.24, 2.45) is 7.05 Å². The summed E-state index contributed by atoms with van der Waals surface area (Å²) in [6.45, 7) is 5.65. The van der Waals surface area contributed by atoms with Crippen molar-refractivity contribution in [1.29, 1.82) is 0 Å². The number of hydrogen-bond acceptors (Lipinski definition) is 4. The van der Waals surface area contributed by atoms with E-state index in [4.69, 9.17) is 4.42 Å². The van der Waals surface area contributed by atoms with E-state index in [0.717, 1.165) is 48.8 Å². The molecule has 0 atom stereocenters. The number of furan rings is 1. The number of hydrogen-bond donors (Lipinski definition) is 1. The van der Waals surface area contributed by atoms with Gasteiger partial charge in [0.05, 0.1) is 12.0 Å². The van der Waals surface area contributed by atoms with Crippen LogP contribution in [0.3, 0.4) is 0 Å². The van der Waals surface area contributed by atoms with Crippen molar-refractivity contribution in [3.63, 3.8) is 0 Å². The lowest BCUT2D eigenvalue weighted by Crippen LogP contribution is -2.38. The Balaban J connectivity index is 1.41. The van der Waals surface area contributed by atoms with Crippen LogP contribution in [0.2, 0.25) is 0 Å². The first-order valence-electron chi connectivity index (χ1n) is 9.45. The Bertz CT molecular complexity index is 914. The summed E-state index contributed by atoms with van der Waals surface area (Å²) in [4.78, 5) is 14.8. The highest BCUT2D eigenvalue weighted by Crippen LogP contribution is 2.30. The van der Waals surface area contributed by atoms with Crippen LogP contribution in [0, 0.1) is 0 Å². The predicted octanol–water partition coefficient (Wildman–Crippen LogP) is 3.55. The third-order valence-electron chi connectivity index (χ3n) is 5.30. The first kappa shape index (κ1) is 17.6. The summed E-state index contributed by atoms with van der Waals surface area (Å²) >= 11 is 0. The summed E-state index contributed by atoms with van der Waals surface area (Å²) in [6, 6.07) is 7.73. The monoisotopic (exact) mass is 367 g/mol. The standard InChI is InChI=1S/C20H25N5O2/c1-13(2)15-12-18(24(3)23-15)20(26)25-8-6-14(7-9-25)16-11-17(22-21-16)19-5-4-10-27-19/h4-5,10-14H,6-9H2,1-3H3,(H,21,22). The number of aromatic amines is 1. The molecule has 27 heavy (non-hydrogen) atoms. The number of carbonyl (C=O) groups excluding carboxylic acids is 1. The molecule has 1 saturated heterocycles. The number of carbonyl (C=O) groups is 1. The molecule has 3 aromatic heterocycles. The number of nitrogens with zero attached hydrogens (tertiary/aromatic N) is 4. The van der Waals surface area contributed by atoms with Crippen molar-refractivity contribution in [1.82, 2.24) is 24.9 Å². The van der Waals surface area contributed by atoms with Gasteiger partial charge in [0.1, 0.15) is 11.4 Å². The Labute approximate surface area is 158 Å². The van der Waals surface area contributed by atoms with E-state index in [9.17, 15) is 4.79 Å². The van der Waals surface area contributed by atoms with Gasteiger partial charge in [0.15, 0.2) is 5.76 Å². The highest BCUT2D eigenvalue weighted by Gasteiger charge is 2.28. The Kier molecular flexibility index (Phi) is 4.59. The maximum atomic E-state index is 12.9. The summed E-state index contributed by atoms with van der Waals surface area (Å²) in [5.74, 6) is 1.52. The second kappa shape index (κ2) is 7.06. The average molecular weight is 367 g/mol. The summed E-state index contributed by atoms with van der Waals surface area (Å²) in [5.41, 5.74) is 3.55. The Hall–Kier alpha value is -2.83. The largest absolute Gasteiger partial charge is 0.463 e. The molecule has 1 aliphatic heterocycles. The number of aromatic nitrogens is 4. The van der Waals surface area contributed by atoms with Crippen LogP contribution in [0.25, 0.3) is 11.5 Å². The lowest BCUT2D eigenvalue weighted by Gasteiger charge is -2.31. The minimum atomic E-state index is 0.0660. The van der Waals surface area contributed by atoms with Gasteiger partial charge in [-0.15, -0.1) is 0 Å². The van der Waals surface area contributed by atoms with Gasteiger partial charge in [-0.05, 0) is 43.0 Å². The zero-order valence-corrected chi connectivity index (χ0v) is 16.0. The van der Waals surface area contributed by atoms with E-state index in [1.807, 2.05) is 30.1 Å². The number of amides is 1. The number of aryl methyl sites for hydroxylation is 1. The van der Waals surface area contributed by atoms with Crippen LogP contribution in [-0.2, 0) is 7.05 Å². The Morgan fingerprint density at radius 3 is 2.70 bits per heavy atom. The zero-order chi connectivity index (χ0) is 19.0. The van der Waals surface area contributed by atoms with Gasteiger partial charge >= 0.3 is 0 Å². The topological polar surface area (TPSA) is 80.0 Å². The number of likely N-dealkylation sites (tertiary alicyclic amines) is 1. The van der Waals surface area contributed by atoms with Gasteiger partial charge in [-0.3, -0.25) is 14.6 Å². The molecule has 0 radical (unpaired) electrons. The third-order valence-corrected chi connectivity index (χ3v) is 5.30. The van der Waals surface area contributed by atoms with Gasteiger partial charge < -0.3 is 9.32 Å². The molecule has 4 heterocycles. The molecule has 0 unspecified atom stereocenters. The molecular formula is C20H25N5O2.